The minimum Gasteiger partial charge on any atom is -0.346 e. The molecule has 0 aliphatic carbocycles. The van der Waals surface area contributed by atoms with E-state index in [0.29, 0.717) is 19.0 Å². The van der Waals surface area contributed by atoms with Crippen molar-refractivity contribution in [3.63, 3.8) is 0 Å². The van der Waals surface area contributed by atoms with E-state index in [0.717, 1.165) is 29.5 Å². The predicted molar refractivity (Wildman–Crippen MR) is 77.6 cm³/mol. The Balaban J connectivity index is 1.73. The quantitative estimate of drug-likeness (QED) is 0.744. The van der Waals surface area contributed by atoms with Gasteiger partial charge in [0.25, 0.3) is 5.24 Å². The maximum absolute atomic E-state index is 11.9. The van der Waals surface area contributed by atoms with Crippen LogP contribution in [0.4, 0.5) is 4.79 Å². The summed E-state index contributed by atoms with van der Waals surface area (Å²) in [5, 5.41) is 2.17. The molecule has 0 bridgehead atoms. The Morgan fingerprint density at radius 1 is 1.29 bits per heavy atom. The van der Waals surface area contributed by atoms with E-state index in [9.17, 15) is 19.2 Å². The minimum absolute atomic E-state index is 0.104. The number of amides is 4. The predicted octanol–water partition coefficient (Wildman–Crippen LogP) is 0.0565. The van der Waals surface area contributed by atoms with Crippen LogP contribution in [0.15, 0.2) is 0 Å². The number of imide groups is 1. The van der Waals surface area contributed by atoms with Gasteiger partial charge in [0.05, 0.1) is 5.75 Å². The number of carbonyl (C=O) groups is 4. The largest absolute Gasteiger partial charge is 0.346 e. The Morgan fingerprint density at radius 2 is 1.95 bits per heavy atom. The Morgan fingerprint density at radius 3 is 2.52 bits per heavy atom. The van der Waals surface area contributed by atoms with Crippen LogP contribution in [0, 0.1) is 5.92 Å². The van der Waals surface area contributed by atoms with E-state index in [1.807, 2.05) is 0 Å². The van der Waals surface area contributed by atoms with E-state index in [2.05, 4.69) is 12.2 Å². The molecule has 0 unspecified atom stereocenters. The van der Waals surface area contributed by atoms with Gasteiger partial charge in [0, 0.05) is 26.2 Å². The van der Waals surface area contributed by atoms with Crippen molar-refractivity contribution >= 4 is 34.7 Å². The summed E-state index contributed by atoms with van der Waals surface area (Å²) in [6.07, 6.45) is 1.82. The number of hydrogen-bond acceptors (Lipinski definition) is 5. The van der Waals surface area contributed by atoms with Crippen molar-refractivity contribution in [2.75, 3.05) is 31.9 Å². The highest BCUT2D eigenvalue weighted by Gasteiger charge is 2.30. The number of likely N-dealkylation sites (tertiary alicyclic amines) is 1. The summed E-state index contributed by atoms with van der Waals surface area (Å²) < 4.78 is 0. The van der Waals surface area contributed by atoms with Gasteiger partial charge >= 0.3 is 11.8 Å². The van der Waals surface area contributed by atoms with Gasteiger partial charge in [-0.25, -0.2) is 0 Å². The Hall–Kier alpha value is -1.57. The van der Waals surface area contributed by atoms with Crippen LogP contribution in [0.25, 0.3) is 0 Å². The van der Waals surface area contributed by atoms with Crippen LogP contribution >= 0.6 is 11.8 Å². The third-order valence-electron chi connectivity index (χ3n) is 3.73. The van der Waals surface area contributed by atoms with Crippen LogP contribution in [0.5, 0.6) is 0 Å². The first-order valence-electron chi connectivity index (χ1n) is 7.03. The molecule has 2 aliphatic rings. The Bertz CT molecular complexity index is 444. The Kier molecular flexibility index (Phi) is 5.22. The summed E-state index contributed by atoms with van der Waals surface area (Å²) in [6, 6.07) is 0. The van der Waals surface area contributed by atoms with Crippen molar-refractivity contribution in [3.8, 4) is 0 Å². The molecule has 0 aromatic carbocycles. The van der Waals surface area contributed by atoms with Crippen molar-refractivity contribution < 1.29 is 19.2 Å². The summed E-state index contributed by atoms with van der Waals surface area (Å²) in [7, 11) is 0. The van der Waals surface area contributed by atoms with Gasteiger partial charge in [0.2, 0.25) is 5.91 Å². The first-order valence-corrected chi connectivity index (χ1v) is 8.02. The van der Waals surface area contributed by atoms with Gasteiger partial charge in [-0.15, -0.1) is 0 Å². The van der Waals surface area contributed by atoms with Crippen molar-refractivity contribution in [1.29, 1.82) is 0 Å². The standard InChI is InChI=1S/C13H19N3O4S/c1-9-2-5-15(6-3-9)12(19)11(18)14-4-7-16-10(17)8-21-13(16)20/h9H,2-8H2,1H3,(H,14,18). The molecule has 21 heavy (non-hydrogen) atoms. The van der Waals surface area contributed by atoms with Gasteiger partial charge in [-0.1, -0.05) is 18.7 Å². The van der Waals surface area contributed by atoms with Crippen molar-refractivity contribution in [3.05, 3.63) is 0 Å². The molecule has 0 radical (unpaired) electrons. The van der Waals surface area contributed by atoms with Crippen LogP contribution in [-0.4, -0.2) is 64.7 Å². The van der Waals surface area contributed by atoms with Crippen LogP contribution in [0.3, 0.4) is 0 Å². The topological polar surface area (TPSA) is 86.8 Å². The highest BCUT2D eigenvalue weighted by Crippen LogP contribution is 2.18. The fraction of sp³-hybridized carbons (Fsp3) is 0.692. The maximum Gasteiger partial charge on any atom is 0.311 e. The molecule has 8 heteroatoms. The number of rotatable bonds is 3. The highest BCUT2D eigenvalue weighted by atomic mass is 32.2. The summed E-state index contributed by atoms with van der Waals surface area (Å²) >= 11 is 0.951. The molecule has 0 aromatic heterocycles. The SMILES string of the molecule is CC1CCN(C(=O)C(=O)NCCN2C(=O)CSC2=O)CC1. The third kappa shape index (κ3) is 3.96. The summed E-state index contributed by atoms with van der Waals surface area (Å²) in [5.41, 5.74) is 0. The summed E-state index contributed by atoms with van der Waals surface area (Å²) in [6.45, 7) is 3.55. The lowest BCUT2D eigenvalue weighted by molar-refractivity contribution is -0.146. The van der Waals surface area contributed by atoms with Gasteiger partial charge < -0.3 is 10.2 Å². The maximum atomic E-state index is 11.9. The molecule has 7 nitrogen and oxygen atoms in total. The molecule has 0 spiro atoms. The van der Waals surface area contributed by atoms with Gasteiger partial charge in [0.15, 0.2) is 0 Å². The fourth-order valence-electron chi connectivity index (χ4n) is 2.31. The lowest BCUT2D eigenvalue weighted by Gasteiger charge is -2.29. The first kappa shape index (κ1) is 15.8. The Labute approximate surface area is 127 Å². The second kappa shape index (κ2) is 6.93. The smallest absolute Gasteiger partial charge is 0.311 e. The third-order valence-corrected chi connectivity index (χ3v) is 4.59. The average Bonchev–Trinajstić information content (AvgIpc) is 2.79. The highest BCUT2D eigenvalue weighted by molar-refractivity contribution is 8.14. The number of hydrogen-bond donors (Lipinski definition) is 1. The molecule has 2 rings (SSSR count). The van der Waals surface area contributed by atoms with E-state index in [4.69, 9.17) is 0 Å². The van der Waals surface area contributed by atoms with E-state index < -0.39 is 11.8 Å². The number of carbonyl (C=O) groups excluding carboxylic acids is 4. The second-order valence-electron chi connectivity index (χ2n) is 5.33. The molecule has 0 atom stereocenters. The van der Waals surface area contributed by atoms with Crippen LogP contribution < -0.4 is 5.32 Å². The lowest BCUT2D eigenvalue weighted by Crippen LogP contribution is -2.47. The van der Waals surface area contributed by atoms with E-state index in [1.54, 1.807) is 4.90 Å². The summed E-state index contributed by atoms with van der Waals surface area (Å²) in [4.78, 5) is 49.1. The number of piperidine rings is 1. The number of nitrogens with one attached hydrogen (secondary N) is 1. The molecule has 2 fully saturated rings. The van der Waals surface area contributed by atoms with Gasteiger partial charge in [0.1, 0.15) is 0 Å². The zero-order valence-electron chi connectivity index (χ0n) is 12.0. The van der Waals surface area contributed by atoms with Crippen molar-refractivity contribution in [2.24, 2.45) is 5.92 Å². The molecule has 0 aromatic rings. The second-order valence-corrected chi connectivity index (χ2v) is 6.26. The average molecular weight is 313 g/mol. The first-order chi connectivity index (χ1) is 9.99. The zero-order chi connectivity index (χ0) is 15.4. The molecule has 116 valence electrons. The molecule has 0 saturated carbocycles. The molecule has 2 aliphatic heterocycles. The van der Waals surface area contributed by atoms with Gasteiger partial charge in [-0.2, -0.15) is 0 Å². The molecule has 2 saturated heterocycles. The van der Waals surface area contributed by atoms with E-state index in [-0.39, 0.29) is 30.0 Å². The lowest BCUT2D eigenvalue weighted by atomic mass is 9.99. The van der Waals surface area contributed by atoms with Crippen LogP contribution in [0.2, 0.25) is 0 Å². The number of nitrogens with zero attached hydrogens (tertiary/aromatic N) is 2. The zero-order valence-corrected chi connectivity index (χ0v) is 12.8. The van der Waals surface area contributed by atoms with E-state index >= 15 is 0 Å². The molecular weight excluding hydrogens is 294 g/mol. The fourth-order valence-corrected chi connectivity index (χ4v) is 3.06. The minimum atomic E-state index is -0.670. The summed E-state index contributed by atoms with van der Waals surface area (Å²) in [5.74, 6) is -0.721. The van der Waals surface area contributed by atoms with E-state index in [1.165, 1.54) is 0 Å². The molecular formula is C13H19N3O4S. The van der Waals surface area contributed by atoms with Crippen LogP contribution in [-0.2, 0) is 14.4 Å². The van der Waals surface area contributed by atoms with Crippen molar-refractivity contribution in [1.82, 2.24) is 15.1 Å². The molecule has 1 N–H and O–H groups in total. The monoisotopic (exact) mass is 313 g/mol. The van der Waals surface area contributed by atoms with Crippen molar-refractivity contribution in [2.45, 2.75) is 19.8 Å². The van der Waals surface area contributed by atoms with Gasteiger partial charge in [-0.05, 0) is 18.8 Å². The van der Waals surface area contributed by atoms with Crippen LogP contribution in [0.1, 0.15) is 19.8 Å². The van der Waals surface area contributed by atoms with Gasteiger partial charge in [-0.3, -0.25) is 24.1 Å². The normalized spacial score (nSPS) is 20.0. The molecule has 2 heterocycles. The molecule has 4 amide bonds. The number of thioether (sulfide) groups is 1.